The van der Waals surface area contributed by atoms with Gasteiger partial charge in [0.05, 0.1) is 19.5 Å². The summed E-state index contributed by atoms with van der Waals surface area (Å²) in [5.74, 6) is -0.759. The zero-order valence-corrected chi connectivity index (χ0v) is 16.5. The second kappa shape index (κ2) is 9.13. The Hall–Kier alpha value is -2.81. The van der Waals surface area contributed by atoms with E-state index in [1.807, 2.05) is 17.0 Å². The van der Waals surface area contributed by atoms with E-state index >= 15 is 0 Å². The number of halogens is 2. The Balaban J connectivity index is 1.63. The molecule has 1 aromatic carbocycles. The van der Waals surface area contributed by atoms with Crippen molar-refractivity contribution < 1.29 is 23.1 Å². The van der Waals surface area contributed by atoms with Gasteiger partial charge in [-0.2, -0.15) is 5.10 Å². The van der Waals surface area contributed by atoms with Crippen molar-refractivity contribution in [3.63, 3.8) is 0 Å². The number of piperazine rings is 1. The van der Waals surface area contributed by atoms with Crippen LogP contribution in [-0.2, 0) is 11.4 Å². The topological polar surface area (TPSA) is 67.7 Å². The van der Waals surface area contributed by atoms with Crippen LogP contribution in [0.3, 0.4) is 0 Å². The first-order chi connectivity index (χ1) is 13.9. The highest BCUT2D eigenvalue weighted by Gasteiger charge is 2.27. The highest BCUT2D eigenvalue weighted by molar-refractivity contribution is 5.94. The van der Waals surface area contributed by atoms with Crippen molar-refractivity contribution in [1.29, 1.82) is 0 Å². The van der Waals surface area contributed by atoms with Crippen LogP contribution >= 0.6 is 0 Å². The molecule has 1 aliphatic heterocycles. The van der Waals surface area contributed by atoms with Crippen LogP contribution in [0.2, 0.25) is 0 Å². The fourth-order valence-electron chi connectivity index (χ4n) is 3.35. The first-order valence-corrected chi connectivity index (χ1v) is 9.50. The number of hydrogen-bond acceptors (Lipinski definition) is 6. The van der Waals surface area contributed by atoms with E-state index in [0.29, 0.717) is 18.7 Å². The number of anilines is 1. The number of hydrogen-bond donors (Lipinski definition) is 0. The predicted molar refractivity (Wildman–Crippen MR) is 103 cm³/mol. The average Bonchev–Trinajstić information content (AvgIpc) is 3.13. The van der Waals surface area contributed by atoms with Crippen molar-refractivity contribution in [3.8, 4) is 0 Å². The fourth-order valence-corrected chi connectivity index (χ4v) is 3.35. The second-order valence-corrected chi connectivity index (χ2v) is 6.81. The number of ether oxygens (including phenoxy) is 1. The number of benzene rings is 1. The summed E-state index contributed by atoms with van der Waals surface area (Å²) in [4.78, 5) is 27.5. The van der Waals surface area contributed by atoms with Crippen LogP contribution in [0.4, 0.5) is 14.5 Å². The Morgan fingerprint density at radius 3 is 2.34 bits per heavy atom. The zero-order chi connectivity index (χ0) is 21.0. The largest absolute Gasteiger partial charge is 0.462 e. The molecule has 0 amide bonds. The molecule has 0 saturated carbocycles. The number of aromatic nitrogens is 2. The summed E-state index contributed by atoms with van der Waals surface area (Å²) < 4.78 is 33.1. The van der Waals surface area contributed by atoms with Crippen LogP contribution in [-0.4, -0.2) is 59.2 Å². The van der Waals surface area contributed by atoms with Gasteiger partial charge in [-0.3, -0.25) is 9.69 Å². The molecule has 7 nitrogen and oxygen atoms in total. The van der Waals surface area contributed by atoms with Gasteiger partial charge in [-0.1, -0.05) is 0 Å². The zero-order valence-electron chi connectivity index (χ0n) is 16.5. The quantitative estimate of drug-likeness (QED) is 0.520. The van der Waals surface area contributed by atoms with Gasteiger partial charge >= 0.3 is 5.97 Å². The van der Waals surface area contributed by atoms with Crippen LogP contribution < -0.4 is 4.90 Å². The smallest absolute Gasteiger partial charge is 0.341 e. The Morgan fingerprint density at radius 1 is 1.14 bits per heavy atom. The van der Waals surface area contributed by atoms with Gasteiger partial charge in [0.15, 0.2) is 5.78 Å². The van der Waals surface area contributed by atoms with E-state index in [-0.39, 0.29) is 24.6 Å². The van der Waals surface area contributed by atoms with Crippen LogP contribution in [0.1, 0.15) is 46.7 Å². The molecule has 1 fully saturated rings. The van der Waals surface area contributed by atoms with Crippen molar-refractivity contribution >= 4 is 17.4 Å². The summed E-state index contributed by atoms with van der Waals surface area (Å²) >= 11 is 0. The molecule has 0 unspecified atom stereocenters. The van der Waals surface area contributed by atoms with Crippen molar-refractivity contribution in [2.45, 2.75) is 26.9 Å². The molecule has 2 heterocycles. The van der Waals surface area contributed by atoms with E-state index in [2.05, 4.69) is 10.00 Å². The van der Waals surface area contributed by atoms with Crippen LogP contribution in [0.5, 0.6) is 0 Å². The number of Topliss-reactive ketones (excluding diaryl/α,β-unsaturated/α-hetero) is 1. The maximum atomic E-state index is 13.5. The van der Waals surface area contributed by atoms with Crippen molar-refractivity contribution in [1.82, 2.24) is 14.7 Å². The Labute approximate surface area is 167 Å². The highest BCUT2D eigenvalue weighted by atomic mass is 19.3. The lowest BCUT2D eigenvalue weighted by molar-refractivity contribution is 0.0511. The Morgan fingerprint density at radius 2 is 1.79 bits per heavy atom. The molecule has 156 valence electrons. The van der Waals surface area contributed by atoms with Gasteiger partial charge in [-0.25, -0.2) is 18.3 Å². The van der Waals surface area contributed by atoms with Crippen LogP contribution in [0, 0.1) is 0 Å². The summed E-state index contributed by atoms with van der Waals surface area (Å²) in [6.07, 6.45) is -1.68. The average molecular weight is 406 g/mol. The minimum Gasteiger partial charge on any atom is -0.462 e. The van der Waals surface area contributed by atoms with E-state index in [4.69, 9.17) is 4.74 Å². The summed E-state index contributed by atoms with van der Waals surface area (Å²) in [6.45, 7) is 6.20. The summed E-state index contributed by atoms with van der Waals surface area (Å²) in [7, 11) is 0. The molecule has 0 aliphatic carbocycles. The number of carbonyl (C=O) groups is 2. The number of rotatable bonds is 7. The lowest BCUT2D eigenvalue weighted by atomic mass is 10.1. The lowest BCUT2D eigenvalue weighted by Gasteiger charge is -2.36. The van der Waals surface area contributed by atoms with E-state index in [9.17, 15) is 18.4 Å². The molecule has 0 atom stereocenters. The predicted octanol–water partition coefficient (Wildman–Crippen LogP) is 2.98. The van der Waals surface area contributed by atoms with Crippen molar-refractivity contribution in [3.05, 3.63) is 47.3 Å². The first kappa shape index (κ1) is 20.9. The van der Waals surface area contributed by atoms with Crippen LogP contribution in [0.15, 0.2) is 30.5 Å². The van der Waals surface area contributed by atoms with Gasteiger partial charge in [0.2, 0.25) is 0 Å². The monoisotopic (exact) mass is 406 g/mol. The standard InChI is InChI=1S/C20H24F2N4O3/c1-3-29-20(28)17-12-23-26(18(17)19(21)22)13-24-8-10-25(11-9-24)16-6-4-15(5-7-16)14(2)27/h4-7,12,19H,3,8-11,13H2,1-2H3. The third-order valence-electron chi connectivity index (χ3n) is 4.93. The molecule has 1 aromatic heterocycles. The van der Waals surface area contributed by atoms with Crippen molar-refractivity contribution in [2.24, 2.45) is 0 Å². The second-order valence-electron chi connectivity index (χ2n) is 6.81. The number of ketones is 1. The Kier molecular flexibility index (Phi) is 6.58. The minimum absolute atomic E-state index is 0.0256. The van der Waals surface area contributed by atoms with Gasteiger partial charge in [0.1, 0.15) is 11.3 Å². The Bertz CT molecular complexity index is 859. The van der Waals surface area contributed by atoms with E-state index in [1.54, 1.807) is 19.1 Å². The number of esters is 1. The van der Waals surface area contributed by atoms with E-state index in [1.165, 1.54) is 11.6 Å². The molecule has 2 aromatic rings. The van der Waals surface area contributed by atoms with Gasteiger partial charge in [-0.15, -0.1) is 0 Å². The SMILES string of the molecule is CCOC(=O)c1cnn(CN2CCN(c3ccc(C(C)=O)cc3)CC2)c1C(F)F. The molecule has 0 bridgehead atoms. The van der Waals surface area contributed by atoms with Gasteiger partial charge in [-0.05, 0) is 38.1 Å². The van der Waals surface area contributed by atoms with E-state index in [0.717, 1.165) is 25.0 Å². The molecule has 0 N–H and O–H groups in total. The maximum absolute atomic E-state index is 13.5. The summed E-state index contributed by atoms with van der Waals surface area (Å²) in [6, 6.07) is 7.44. The third-order valence-corrected chi connectivity index (χ3v) is 4.93. The summed E-state index contributed by atoms with van der Waals surface area (Å²) in [5.41, 5.74) is 1.09. The third kappa shape index (κ3) is 4.79. The molecule has 3 rings (SSSR count). The number of carbonyl (C=O) groups excluding carboxylic acids is 2. The van der Waals surface area contributed by atoms with Gasteiger partial charge in [0, 0.05) is 37.4 Å². The molecular formula is C20H24F2N4O3. The van der Waals surface area contributed by atoms with E-state index < -0.39 is 18.1 Å². The lowest BCUT2D eigenvalue weighted by Crippen LogP contribution is -2.47. The fraction of sp³-hybridized carbons (Fsp3) is 0.450. The molecular weight excluding hydrogens is 382 g/mol. The molecule has 1 aliphatic rings. The molecule has 29 heavy (non-hydrogen) atoms. The van der Waals surface area contributed by atoms with Crippen molar-refractivity contribution in [2.75, 3.05) is 37.7 Å². The number of alkyl halides is 2. The molecule has 0 radical (unpaired) electrons. The maximum Gasteiger partial charge on any atom is 0.341 e. The van der Waals surface area contributed by atoms with Crippen LogP contribution in [0.25, 0.3) is 0 Å². The summed E-state index contributed by atoms with van der Waals surface area (Å²) in [5, 5.41) is 3.99. The van der Waals surface area contributed by atoms with Gasteiger partial charge in [0.25, 0.3) is 6.43 Å². The number of nitrogens with zero attached hydrogens (tertiary/aromatic N) is 4. The van der Waals surface area contributed by atoms with Gasteiger partial charge < -0.3 is 9.64 Å². The normalized spacial score (nSPS) is 15.0. The molecule has 0 spiro atoms. The first-order valence-electron chi connectivity index (χ1n) is 9.50. The molecule has 9 heteroatoms. The molecule has 1 saturated heterocycles. The minimum atomic E-state index is -2.82. The highest BCUT2D eigenvalue weighted by Crippen LogP contribution is 2.24.